The van der Waals surface area contributed by atoms with E-state index in [2.05, 4.69) is 0 Å². The van der Waals surface area contributed by atoms with E-state index in [1.165, 1.54) is 0 Å². The second-order valence-electron chi connectivity index (χ2n) is 1.31. The SMILES string of the molecule is O.O.O=C(O)/C(O)=C(\O)C(=O)O. The number of hydrogen-bond acceptors (Lipinski definition) is 4. The molecule has 0 radical (unpaired) electrons. The Morgan fingerprint density at radius 3 is 0.917 bits per heavy atom. The van der Waals surface area contributed by atoms with E-state index in [0.717, 1.165) is 0 Å². The van der Waals surface area contributed by atoms with Crippen LogP contribution in [0.5, 0.6) is 0 Å². The molecule has 0 amide bonds. The molecule has 0 rings (SSSR count). The summed E-state index contributed by atoms with van der Waals surface area (Å²) in [5, 5.41) is 32.2. The van der Waals surface area contributed by atoms with Gasteiger partial charge in [0.25, 0.3) is 11.5 Å². The molecule has 0 fully saturated rings. The summed E-state index contributed by atoms with van der Waals surface area (Å²) in [5.74, 6) is -6.93. The first kappa shape index (κ1) is 16.7. The molecule has 0 atom stereocenters. The third-order valence-corrected chi connectivity index (χ3v) is 0.629. The number of aliphatic hydroxyl groups is 2. The Labute approximate surface area is 65.6 Å². The molecule has 0 saturated heterocycles. The molecule has 0 aromatic rings. The van der Waals surface area contributed by atoms with Gasteiger partial charge in [-0.3, -0.25) is 0 Å². The van der Waals surface area contributed by atoms with Crippen LogP contribution in [-0.4, -0.2) is 43.3 Å². The Bertz CT molecular complexity index is 181. The monoisotopic (exact) mass is 184 g/mol. The number of carboxylic acid groups (broad SMARTS) is 2. The van der Waals surface area contributed by atoms with Gasteiger partial charge in [0.2, 0.25) is 0 Å². The lowest BCUT2D eigenvalue weighted by Gasteiger charge is -1.92. The van der Waals surface area contributed by atoms with Crippen molar-refractivity contribution in [1.82, 2.24) is 0 Å². The molecule has 8 nitrogen and oxygen atoms in total. The molecule has 0 saturated carbocycles. The molecule has 12 heavy (non-hydrogen) atoms. The third kappa shape index (κ3) is 4.09. The summed E-state index contributed by atoms with van der Waals surface area (Å²) >= 11 is 0. The van der Waals surface area contributed by atoms with Crippen LogP contribution in [0.4, 0.5) is 0 Å². The van der Waals surface area contributed by atoms with Crippen LogP contribution in [0.15, 0.2) is 11.5 Å². The van der Waals surface area contributed by atoms with E-state index >= 15 is 0 Å². The number of aliphatic hydroxyl groups excluding tert-OH is 2. The summed E-state index contributed by atoms with van der Waals surface area (Å²) in [7, 11) is 0. The van der Waals surface area contributed by atoms with Gasteiger partial charge in [-0.15, -0.1) is 0 Å². The number of hydrogen-bond donors (Lipinski definition) is 4. The van der Waals surface area contributed by atoms with Gasteiger partial charge in [0.1, 0.15) is 0 Å². The standard InChI is InChI=1S/C4H4O6.2H2O/c5-1(3(7)8)2(6)4(9)10;;/h5-6H,(H,7,8)(H,9,10);2*1H2/b2-1+;;. The number of rotatable bonds is 2. The fourth-order valence-corrected chi connectivity index (χ4v) is 0.203. The van der Waals surface area contributed by atoms with Crippen molar-refractivity contribution < 1.29 is 41.0 Å². The van der Waals surface area contributed by atoms with Crippen LogP contribution in [0.3, 0.4) is 0 Å². The summed E-state index contributed by atoms with van der Waals surface area (Å²) in [6.45, 7) is 0. The van der Waals surface area contributed by atoms with Crippen LogP contribution in [0.2, 0.25) is 0 Å². The van der Waals surface area contributed by atoms with Crippen molar-refractivity contribution in [3.63, 3.8) is 0 Å². The van der Waals surface area contributed by atoms with Gasteiger partial charge in [0.05, 0.1) is 0 Å². The number of carbonyl (C=O) groups is 2. The van der Waals surface area contributed by atoms with Crippen LogP contribution in [-0.2, 0) is 9.59 Å². The van der Waals surface area contributed by atoms with E-state index in [-0.39, 0.29) is 11.0 Å². The zero-order valence-electron chi connectivity index (χ0n) is 5.61. The predicted octanol–water partition coefficient (Wildman–Crippen LogP) is -2.17. The van der Waals surface area contributed by atoms with Crippen LogP contribution in [0.25, 0.3) is 0 Å². The second-order valence-corrected chi connectivity index (χ2v) is 1.31. The van der Waals surface area contributed by atoms with Crippen molar-refractivity contribution in [3.05, 3.63) is 11.5 Å². The molecular formula is C4H8O8. The Morgan fingerprint density at radius 2 is 0.833 bits per heavy atom. The van der Waals surface area contributed by atoms with Crippen molar-refractivity contribution >= 4 is 11.9 Å². The maximum absolute atomic E-state index is 9.71. The Morgan fingerprint density at radius 1 is 0.667 bits per heavy atom. The highest BCUT2D eigenvalue weighted by molar-refractivity contribution is 5.94. The highest BCUT2D eigenvalue weighted by Crippen LogP contribution is 1.96. The molecule has 0 aromatic carbocycles. The van der Waals surface area contributed by atoms with Gasteiger partial charge in [-0.2, -0.15) is 0 Å². The smallest absolute Gasteiger partial charge is 0.375 e. The summed E-state index contributed by atoms with van der Waals surface area (Å²) in [6, 6.07) is 0. The lowest BCUT2D eigenvalue weighted by Crippen LogP contribution is -2.10. The Kier molecular flexibility index (Phi) is 8.25. The molecule has 0 bridgehead atoms. The fourth-order valence-electron chi connectivity index (χ4n) is 0.203. The summed E-state index contributed by atoms with van der Waals surface area (Å²) in [4.78, 5) is 19.4. The molecule has 0 spiro atoms. The first-order valence-electron chi connectivity index (χ1n) is 2.05. The largest absolute Gasteiger partial charge is 0.499 e. The molecule has 0 aliphatic carbocycles. The van der Waals surface area contributed by atoms with E-state index in [1.807, 2.05) is 0 Å². The third-order valence-electron chi connectivity index (χ3n) is 0.629. The van der Waals surface area contributed by atoms with E-state index in [9.17, 15) is 9.59 Å². The molecule has 0 aliphatic rings. The highest BCUT2D eigenvalue weighted by Gasteiger charge is 2.17. The van der Waals surface area contributed by atoms with Crippen molar-refractivity contribution in [3.8, 4) is 0 Å². The van der Waals surface area contributed by atoms with Crippen LogP contribution in [0, 0.1) is 0 Å². The zero-order valence-corrected chi connectivity index (χ0v) is 5.61. The van der Waals surface area contributed by atoms with Crippen molar-refractivity contribution in [2.45, 2.75) is 0 Å². The molecule has 8 heteroatoms. The van der Waals surface area contributed by atoms with E-state index < -0.39 is 23.5 Å². The van der Waals surface area contributed by atoms with Crippen LogP contribution in [0.1, 0.15) is 0 Å². The molecule has 0 heterocycles. The first-order chi connectivity index (χ1) is 4.46. The lowest BCUT2D eigenvalue weighted by molar-refractivity contribution is -0.140. The van der Waals surface area contributed by atoms with Gasteiger partial charge >= 0.3 is 11.9 Å². The maximum atomic E-state index is 9.71. The van der Waals surface area contributed by atoms with Gasteiger partial charge in [0, 0.05) is 0 Å². The quantitative estimate of drug-likeness (QED) is 0.280. The van der Waals surface area contributed by atoms with Gasteiger partial charge in [0.15, 0.2) is 0 Å². The average molecular weight is 184 g/mol. The minimum atomic E-state index is -1.89. The zero-order chi connectivity index (χ0) is 8.31. The van der Waals surface area contributed by atoms with E-state index in [4.69, 9.17) is 20.4 Å². The molecule has 0 unspecified atom stereocenters. The lowest BCUT2D eigenvalue weighted by atomic mass is 10.4. The highest BCUT2D eigenvalue weighted by atomic mass is 16.4. The minimum Gasteiger partial charge on any atom is -0.499 e. The maximum Gasteiger partial charge on any atom is 0.375 e. The Balaban J connectivity index is -0.000000405. The molecule has 72 valence electrons. The molecule has 0 aromatic heterocycles. The van der Waals surface area contributed by atoms with Gasteiger partial charge in [-0.05, 0) is 0 Å². The molecular weight excluding hydrogens is 176 g/mol. The van der Waals surface area contributed by atoms with Crippen LogP contribution < -0.4 is 0 Å². The van der Waals surface area contributed by atoms with Crippen molar-refractivity contribution in [2.24, 2.45) is 0 Å². The van der Waals surface area contributed by atoms with Gasteiger partial charge in [-0.1, -0.05) is 0 Å². The Hall–Kier alpha value is -1.80. The van der Waals surface area contributed by atoms with Crippen molar-refractivity contribution in [1.29, 1.82) is 0 Å². The summed E-state index contributed by atoms with van der Waals surface area (Å²) in [6.07, 6.45) is 0. The summed E-state index contributed by atoms with van der Waals surface area (Å²) < 4.78 is 0. The van der Waals surface area contributed by atoms with Gasteiger partial charge < -0.3 is 31.4 Å². The predicted molar refractivity (Wildman–Crippen MR) is 34.8 cm³/mol. The van der Waals surface area contributed by atoms with E-state index in [0.29, 0.717) is 0 Å². The second kappa shape index (κ2) is 5.95. The van der Waals surface area contributed by atoms with Gasteiger partial charge in [-0.25, -0.2) is 9.59 Å². The van der Waals surface area contributed by atoms with E-state index in [1.54, 1.807) is 0 Å². The molecule has 8 N–H and O–H groups in total. The normalized spacial score (nSPS) is 10.0. The average Bonchev–Trinajstić information content (AvgIpc) is 1.84. The van der Waals surface area contributed by atoms with Crippen molar-refractivity contribution in [2.75, 3.05) is 0 Å². The fraction of sp³-hybridized carbons (Fsp3) is 0. The molecule has 0 aliphatic heterocycles. The minimum absolute atomic E-state index is 0. The summed E-state index contributed by atoms with van der Waals surface area (Å²) in [5.41, 5.74) is 0. The van der Waals surface area contributed by atoms with Crippen LogP contribution >= 0.6 is 0 Å². The topological polar surface area (TPSA) is 178 Å². The number of carboxylic acids is 2. The number of aliphatic carboxylic acids is 2. The first-order valence-corrected chi connectivity index (χ1v) is 2.05.